The smallest absolute Gasteiger partial charge is 0.243 e. The Morgan fingerprint density at radius 3 is 2.50 bits per heavy atom. The minimum absolute atomic E-state index is 0.104. The normalized spacial score (nSPS) is 18.5. The number of carbonyl (C=O) groups excluding carboxylic acids is 1. The maximum Gasteiger partial charge on any atom is 0.243 e. The van der Waals surface area contributed by atoms with Crippen LogP contribution in [0.15, 0.2) is 53.4 Å². The molecule has 1 fully saturated rings. The highest BCUT2D eigenvalue weighted by atomic mass is 32.2. The van der Waals surface area contributed by atoms with Gasteiger partial charge in [0.25, 0.3) is 0 Å². The van der Waals surface area contributed by atoms with Crippen LogP contribution in [-0.4, -0.2) is 31.2 Å². The Balaban J connectivity index is 1.86. The molecule has 3 rings (SSSR count). The maximum atomic E-state index is 13.8. The lowest BCUT2D eigenvalue weighted by Crippen LogP contribution is -2.49. The number of nitrogens with zero attached hydrogens (tertiary/aromatic N) is 1. The average molecular weight is 380 g/mol. The molecule has 1 unspecified atom stereocenters. The first-order valence-corrected chi connectivity index (χ1v) is 9.66. The molecule has 0 saturated carbocycles. The molecule has 1 N–H and O–H groups in total. The number of piperidine rings is 1. The third-order valence-corrected chi connectivity index (χ3v) is 6.22. The van der Waals surface area contributed by atoms with E-state index in [4.69, 9.17) is 0 Å². The quantitative estimate of drug-likeness (QED) is 0.886. The number of benzene rings is 2. The molecule has 1 aliphatic rings. The predicted octanol–water partition coefficient (Wildman–Crippen LogP) is 3.15. The summed E-state index contributed by atoms with van der Waals surface area (Å²) >= 11 is 0. The van der Waals surface area contributed by atoms with Crippen molar-refractivity contribution in [3.05, 3.63) is 60.2 Å². The summed E-state index contributed by atoms with van der Waals surface area (Å²) in [5, 5.41) is 2.37. The van der Waals surface area contributed by atoms with Gasteiger partial charge in [-0.1, -0.05) is 24.6 Å². The van der Waals surface area contributed by atoms with Crippen molar-refractivity contribution < 1.29 is 22.0 Å². The van der Waals surface area contributed by atoms with Crippen molar-refractivity contribution in [2.24, 2.45) is 0 Å². The molecule has 8 heteroatoms. The topological polar surface area (TPSA) is 66.5 Å². The first-order valence-electron chi connectivity index (χ1n) is 8.22. The van der Waals surface area contributed by atoms with Crippen molar-refractivity contribution in [2.45, 2.75) is 30.2 Å². The molecule has 0 bridgehead atoms. The zero-order chi connectivity index (χ0) is 18.7. The van der Waals surface area contributed by atoms with E-state index in [9.17, 15) is 22.0 Å². The van der Waals surface area contributed by atoms with Gasteiger partial charge in [-0.3, -0.25) is 4.79 Å². The van der Waals surface area contributed by atoms with Gasteiger partial charge in [0.2, 0.25) is 15.9 Å². The highest BCUT2D eigenvalue weighted by Crippen LogP contribution is 2.26. The molecule has 1 amide bonds. The number of hydrogen-bond donors (Lipinski definition) is 1. The molecule has 2 aromatic rings. The number of rotatable bonds is 4. The Labute approximate surface area is 150 Å². The van der Waals surface area contributed by atoms with Crippen LogP contribution in [0.5, 0.6) is 0 Å². The van der Waals surface area contributed by atoms with Gasteiger partial charge in [0.15, 0.2) is 0 Å². The second-order valence-electron chi connectivity index (χ2n) is 6.05. The molecular formula is C18H18F2N2O3S. The van der Waals surface area contributed by atoms with Crippen LogP contribution in [0.1, 0.15) is 19.3 Å². The number of nitrogens with one attached hydrogen (secondary N) is 1. The zero-order valence-electron chi connectivity index (χ0n) is 13.9. The lowest BCUT2D eigenvalue weighted by atomic mass is 10.0. The van der Waals surface area contributed by atoms with Crippen LogP contribution in [0.3, 0.4) is 0 Å². The van der Waals surface area contributed by atoms with Crippen molar-refractivity contribution in [3.8, 4) is 0 Å². The van der Waals surface area contributed by atoms with Gasteiger partial charge in [-0.15, -0.1) is 0 Å². The third kappa shape index (κ3) is 3.76. The van der Waals surface area contributed by atoms with Crippen molar-refractivity contribution in [3.63, 3.8) is 0 Å². The summed E-state index contributed by atoms with van der Waals surface area (Å²) in [4.78, 5) is 12.7. The van der Waals surface area contributed by atoms with E-state index in [0.717, 1.165) is 16.4 Å². The van der Waals surface area contributed by atoms with Crippen LogP contribution in [0, 0.1) is 11.6 Å². The molecule has 138 valence electrons. The van der Waals surface area contributed by atoms with Gasteiger partial charge in [-0.05, 0) is 37.1 Å². The van der Waals surface area contributed by atoms with Crippen LogP contribution in [0.4, 0.5) is 14.5 Å². The molecule has 0 aromatic heterocycles. The molecule has 26 heavy (non-hydrogen) atoms. The fourth-order valence-corrected chi connectivity index (χ4v) is 4.67. The van der Waals surface area contributed by atoms with E-state index in [0.29, 0.717) is 25.3 Å². The number of sulfonamides is 1. The molecular weight excluding hydrogens is 362 g/mol. The lowest BCUT2D eigenvalue weighted by molar-refractivity contribution is -0.120. The summed E-state index contributed by atoms with van der Waals surface area (Å²) in [5.74, 6) is -2.30. The summed E-state index contributed by atoms with van der Waals surface area (Å²) < 4.78 is 53.7. The van der Waals surface area contributed by atoms with Crippen molar-refractivity contribution in [2.75, 3.05) is 11.9 Å². The SMILES string of the molecule is O=C(Nc1ccc(F)cc1F)C1CCCCN1S(=O)(=O)c1ccccc1. The Morgan fingerprint density at radius 2 is 1.81 bits per heavy atom. The Hall–Kier alpha value is -2.32. The highest BCUT2D eigenvalue weighted by molar-refractivity contribution is 7.89. The molecule has 0 aliphatic carbocycles. The predicted molar refractivity (Wildman–Crippen MR) is 93.0 cm³/mol. The van der Waals surface area contributed by atoms with Crippen molar-refractivity contribution >= 4 is 21.6 Å². The summed E-state index contributed by atoms with van der Waals surface area (Å²) in [5.41, 5.74) is -0.181. The number of hydrogen-bond acceptors (Lipinski definition) is 3. The van der Waals surface area contributed by atoms with Crippen LogP contribution in [-0.2, 0) is 14.8 Å². The highest BCUT2D eigenvalue weighted by Gasteiger charge is 2.37. The molecule has 1 atom stereocenters. The second kappa shape index (κ2) is 7.51. The van der Waals surface area contributed by atoms with Gasteiger partial charge in [-0.25, -0.2) is 17.2 Å². The maximum absolute atomic E-state index is 13.8. The molecule has 1 heterocycles. The monoisotopic (exact) mass is 380 g/mol. The summed E-state index contributed by atoms with van der Waals surface area (Å²) in [6, 6.07) is 9.72. The molecule has 1 saturated heterocycles. The molecule has 0 radical (unpaired) electrons. The Bertz CT molecular complexity index is 904. The van der Waals surface area contributed by atoms with E-state index < -0.39 is 33.6 Å². The fraction of sp³-hybridized carbons (Fsp3) is 0.278. The van der Waals surface area contributed by atoms with Gasteiger partial charge in [-0.2, -0.15) is 4.31 Å². The Kier molecular flexibility index (Phi) is 5.33. The van der Waals surface area contributed by atoms with Crippen LogP contribution in [0.2, 0.25) is 0 Å². The van der Waals surface area contributed by atoms with Gasteiger partial charge >= 0.3 is 0 Å². The van der Waals surface area contributed by atoms with Gasteiger partial charge in [0.1, 0.15) is 17.7 Å². The van der Waals surface area contributed by atoms with Crippen molar-refractivity contribution in [1.29, 1.82) is 0 Å². The number of carbonyl (C=O) groups is 1. The average Bonchev–Trinajstić information content (AvgIpc) is 2.64. The van der Waals surface area contributed by atoms with E-state index in [2.05, 4.69) is 5.32 Å². The summed E-state index contributed by atoms with van der Waals surface area (Å²) in [7, 11) is -3.85. The Morgan fingerprint density at radius 1 is 1.08 bits per heavy atom. The summed E-state index contributed by atoms with van der Waals surface area (Å²) in [6.45, 7) is 0.210. The number of anilines is 1. The minimum Gasteiger partial charge on any atom is -0.322 e. The molecule has 2 aromatic carbocycles. The van der Waals surface area contributed by atoms with Crippen molar-refractivity contribution in [1.82, 2.24) is 4.31 Å². The van der Waals surface area contributed by atoms with E-state index in [1.165, 1.54) is 12.1 Å². The van der Waals surface area contributed by atoms with Crippen LogP contribution in [0.25, 0.3) is 0 Å². The van der Waals surface area contributed by atoms with E-state index in [-0.39, 0.29) is 17.1 Å². The van der Waals surface area contributed by atoms with E-state index >= 15 is 0 Å². The van der Waals surface area contributed by atoms with E-state index in [1.54, 1.807) is 18.2 Å². The van der Waals surface area contributed by atoms with Gasteiger partial charge in [0, 0.05) is 12.6 Å². The van der Waals surface area contributed by atoms with Crippen LogP contribution >= 0.6 is 0 Å². The number of amides is 1. The van der Waals surface area contributed by atoms with Gasteiger partial charge < -0.3 is 5.32 Å². The largest absolute Gasteiger partial charge is 0.322 e. The van der Waals surface area contributed by atoms with E-state index in [1.807, 2.05) is 0 Å². The molecule has 0 spiro atoms. The zero-order valence-corrected chi connectivity index (χ0v) is 14.7. The van der Waals surface area contributed by atoms with Gasteiger partial charge in [0.05, 0.1) is 10.6 Å². The lowest BCUT2D eigenvalue weighted by Gasteiger charge is -2.33. The number of halogens is 2. The molecule has 1 aliphatic heterocycles. The first kappa shape index (κ1) is 18.5. The molecule has 5 nitrogen and oxygen atoms in total. The van der Waals surface area contributed by atoms with Crippen LogP contribution < -0.4 is 5.32 Å². The third-order valence-electron chi connectivity index (χ3n) is 4.30. The fourth-order valence-electron chi connectivity index (χ4n) is 2.99. The second-order valence-corrected chi connectivity index (χ2v) is 7.94. The standard InChI is InChI=1S/C18H18F2N2O3S/c19-13-9-10-16(15(20)12-13)21-18(23)17-8-4-5-11-22(17)26(24,25)14-6-2-1-3-7-14/h1-3,6-7,9-10,12,17H,4-5,8,11H2,(H,21,23). The first-order chi connectivity index (χ1) is 12.4. The minimum atomic E-state index is -3.85. The summed E-state index contributed by atoms with van der Waals surface area (Å²) in [6.07, 6.45) is 1.66.